The van der Waals surface area contributed by atoms with Gasteiger partial charge in [0.2, 0.25) is 0 Å². The van der Waals surface area contributed by atoms with Gasteiger partial charge in [0, 0.05) is 27.0 Å². The smallest absolute Gasteiger partial charge is 0.0541 e. The first-order valence-electron chi connectivity index (χ1n) is 10.7. The maximum Gasteiger partial charge on any atom is 0.0541 e. The Hall–Kier alpha value is -3.81. The average Bonchev–Trinajstić information content (AvgIpc) is 3.20. The van der Waals surface area contributed by atoms with Crippen molar-refractivity contribution in [3.8, 4) is 27.9 Å². The Morgan fingerprint density at radius 1 is 0.469 bits per heavy atom. The van der Waals surface area contributed by atoms with Gasteiger partial charge in [0.05, 0.1) is 11.0 Å². The predicted octanol–water partition coefficient (Wildman–Crippen LogP) is 8.77. The van der Waals surface area contributed by atoms with E-state index in [0.717, 1.165) is 27.4 Å². The number of para-hydroxylation sites is 2. The highest BCUT2D eigenvalue weighted by Gasteiger charge is 2.12. The molecule has 1 aromatic heterocycles. The van der Waals surface area contributed by atoms with Crippen LogP contribution in [0, 0.1) is 0 Å². The SMILES string of the molecule is Clc1ccc(-c2ccc(-n3c4ccccc4c4ccccc43)cc2)cc1-c1ccccc1. The van der Waals surface area contributed by atoms with Gasteiger partial charge in [0.1, 0.15) is 0 Å². The lowest BCUT2D eigenvalue weighted by Gasteiger charge is -2.11. The monoisotopic (exact) mass is 429 g/mol. The van der Waals surface area contributed by atoms with Gasteiger partial charge in [0.15, 0.2) is 0 Å². The standard InChI is InChI=1S/C30H20ClN/c31-28-19-16-23(20-27(28)22-8-2-1-3-9-22)21-14-17-24(18-15-21)32-29-12-6-4-10-25(29)26-11-5-7-13-30(26)32/h1-20H. The zero-order chi connectivity index (χ0) is 21.5. The molecule has 0 unspecified atom stereocenters. The van der Waals surface area contributed by atoms with Gasteiger partial charge in [0.25, 0.3) is 0 Å². The highest BCUT2D eigenvalue weighted by atomic mass is 35.5. The van der Waals surface area contributed by atoms with Gasteiger partial charge in [-0.15, -0.1) is 0 Å². The Morgan fingerprint density at radius 2 is 1.03 bits per heavy atom. The minimum Gasteiger partial charge on any atom is -0.309 e. The molecule has 1 heterocycles. The van der Waals surface area contributed by atoms with Crippen LogP contribution in [0.25, 0.3) is 49.7 Å². The van der Waals surface area contributed by atoms with E-state index in [1.54, 1.807) is 0 Å². The van der Waals surface area contributed by atoms with E-state index >= 15 is 0 Å². The molecule has 1 nitrogen and oxygen atoms in total. The minimum absolute atomic E-state index is 0.766. The third-order valence-electron chi connectivity index (χ3n) is 6.09. The summed E-state index contributed by atoms with van der Waals surface area (Å²) in [7, 11) is 0. The Kier molecular flexibility index (Phi) is 4.56. The third-order valence-corrected chi connectivity index (χ3v) is 6.42. The van der Waals surface area contributed by atoms with Gasteiger partial charge >= 0.3 is 0 Å². The highest BCUT2D eigenvalue weighted by molar-refractivity contribution is 6.33. The van der Waals surface area contributed by atoms with Crippen molar-refractivity contribution in [2.45, 2.75) is 0 Å². The lowest BCUT2D eigenvalue weighted by Crippen LogP contribution is -1.93. The fourth-order valence-corrected chi connectivity index (χ4v) is 4.77. The molecule has 0 amide bonds. The highest BCUT2D eigenvalue weighted by Crippen LogP contribution is 2.35. The van der Waals surface area contributed by atoms with Gasteiger partial charge < -0.3 is 4.57 Å². The number of fused-ring (bicyclic) bond motifs is 3. The van der Waals surface area contributed by atoms with Crippen LogP contribution in [0.2, 0.25) is 5.02 Å². The third kappa shape index (κ3) is 3.10. The van der Waals surface area contributed by atoms with Gasteiger partial charge in [-0.25, -0.2) is 0 Å². The van der Waals surface area contributed by atoms with Crippen molar-refractivity contribution in [1.82, 2.24) is 4.57 Å². The molecule has 0 bridgehead atoms. The van der Waals surface area contributed by atoms with Crippen molar-refractivity contribution in [1.29, 1.82) is 0 Å². The fraction of sp³-hybridized carbons (Fsp3) is 0. The summed E-state index contributed by atoms with van der Waals surface area (Å²) in [6.07, 6.45) is 0. The molecular formula is C30H20ClN. The number of hydrogen-bond acceptors (Lipinski definition) is 0. The molecule has 5 aromatic carbocycles. The van der Waals surface area contributed by atoms with Crippen molar-refractivity contribution in [3.63, 3.8) is 0 Å². The minimum atomic E-state index is 0.766. The summed E-state index contributed by atoms with van der Waals surface area (Å²) in [6, 6.07) is 42.5. The van der Waals surface area contributed by atoms with E-state index in [1.165, 1.54) is 27.4 Å². The number of aromatic nitrogens is 1. The summed E-state index contributed by atoms with van der Waals surface area (Å²) in [5.41, 5.74) is 8.10. The molecule has 32 heavy (non-hydrogen) atoms. The molecule has 0 aliphatic heterocycles. The summed E-state index contributed by atoms with van der Waals surface area (Å²) in [6.45, 7) is 0. The molecule has 0 saturated carbocycles. The molecule has 6 rings (SSSR count). The first-order valence-corrected chi connectivity index (χ1v) is 11.1. The summed E-state index contributed by atoms with van der Waals surface area (Å²) in [4.78, 5) is 0. The van der Waals surface area contributed by atoms with Crippen LogP contribution in [0.15, 0.2) is 121 Å². The number of rotatable bonds is 3. The van der Waals surface area contributed by atoms with Crippen molar-refractivity contribution >= 4 is 33.4 Å². The molecule has 0 saturated heterocycles. The van der Waals surface area contributed by atoms with E-state index in [1.807, 2.05) is 24.3 Å². The van der Waals surface area contributed by atoms with Crippen molar-refractivity contribution in [2.24, 2.45) is 0 Å². The Balaban J connectivity index is 1.46. The quantitative estimate of drug-likeness (QED) is 0.265. The molecule has 0 atom stereocenters. The van der Waals surface area contributed by atoms with Crippen molar-refractivity contribution in [3.05, 3.63) is 126 Å². The van der Waals surface area contributed by atoms with Crippen LogP contribution in [-0.2, 0) is 0 Å². The largest absolute Gasteiger partial charge is 0.309 e. The fourth-order valence-electron chi connectivity index (χ4n) is 4.55. The normalized spacial score (nSPS) is 11.3. The molecule has 6 aromatic rings. The Bertz CT molecular complexity index is 1510. The number of nitrogens with zero attached hydrogens (tertiary/aromatic N) is 1. The molecule has 0 N–H and O–H groups in total. The lowest BCUT2D eigenvalue weighted by atomic mass is 9.99. The second-order valence-corrected chi connectivity index (χ2v) is 8.38. The molecule has 0 radical (unpaired) electrons. The first kappa shape index (κ1) is 18.9. The van der Waals surface area contributed by atoms with Crippen LogP contribution in [0.5, 0.6) is 0 Å². The number of halogens is 1. The molecule has 0 aliphatic carbocycles. The van der Waals surface area contributed by atoms with E-state index in [2.05, 4.69) is 102 Å². The second kappa shape index (κ2) is 7.71. The second-order valence-electron chi connectivity index (χ2n) is 7.98. The topological polar surface area (TPSA) is 4.93 Å². The van der Waals surface area contributed by atoms with Crippen LogP contribution >= 0.6 is 11.6 Å². The first-order chi connectivity index (χ1) is 15.8. The molecule has 2 heteroatoms. The van der Waals surface area contributed by atoms with E-state index < -0.39 is 0 Å². The van der Waals surface area contributed by atoms with Crippen LogP contribution < -0.4 is 0 Å². The average molecular weight is 430 g/mol. The van der Waals surface area contributed by atoms with E-state index in [-0.39, 0.29) is 0 Å². The molecule has 152 valence electrons. The van der Waals surface area contributed by atoms with Crippen LogP contribution in [-0.4, -0.2) is 4.57 Å². The number of hydrogen-bond donors (Lipinski definition) is 0. The van der Waals surface area contributed by atoms with Crippen LogP contribution in [0.4, 0.5) is 0 Å². The van der Waals surface area contributed by atoms with Gasteiger partial charge in [-0.1, -0.05) is 96.5 Å². The van der Waals surface area contributed by atoms with Crippen molar-refractivity contribution in [2.75, 3.05) is 0 Å². The van der Waals surface area contributed by atoms with Crippen LogP contribution in [0.1, 0.15) is 0 Å². The maximum atomic E-state index is 6.52. The molecule has 0 spiro atoms. The van der Waals surface area contributed by atoms with Crippen LogP contribution in [0.3, 0.4) is 0 Å². The van der Waals surface area contributed by atoms with E-state index in [0.29, 0.717) is 0 Å². The summed E-state index contributed by atoms with van der Waals surface area (Å²) in [5.74, 6) is 0. The molecule has 0 fully saturated rings. The summed E-state index contributed by atoms with van der Waals surface area (Å²) < 4.78 is 2.34. The molecular weight excluding hydrogens is 410 g/mol. The predicted molar refractivity (Wildman–Crippen MR) is 137 cm³/mol. The summed E-state index contributed by atoms with van der Waals surface area (Å²) in [5, 5.41) is 3.32. The Labute approximate surface area is 192 Å². The summed E-state index contributed by atoms with van der Waals surface area (Å²) >= 11 is 6.52. The van der Waals surface area contributed by atoms with Gasteiger partial charge in [-0.05, 0) is 53.1 Å². The molecule has 0 aliphatic rings. The van der Waals surface area contributed by atoms with E-state index in [4.69, 9.17) is 11.6 Å². The zero-order valence-corrected chi connectivity index (χ0v) is 18.1. The number of benzene rings is 5. The zero-order valence-electron chi connectivity index (χ0n) is 17.4. The van der Waals surface area contributed by atoms with Gasteiger partial charge in [-0.3, -0.25) is 0 Å². The van der Waals surface area contributed by atoms with E-state index in [9.17, 15) is 0 Å². The maximum absolute atomic E-state index is 6.52. The van der Waals surface area contributed by atoms with Crippen molar-refractivity contribution < 1.29 is 0 Å². The Morgan fingerprint density at radius 3 is 1.69 bits per heavy atom. The lowest BCUT2D eigenvalue weighted by molar-refractivity contribution is 1.18. The van der Waals surface area contributed by atoms with Gasteiger partial charge in [-0.2, -0.15) is 0 Å².